The standard InChI is InChI=1S/C16H26O/c1-4-5-6-7-8-9-16(17)15-11-13(2)10-14(3)12-15/h10-12,16-17H,4-9H2,1-3H3. The summed E-state index contributed by atoms with van der Waals surface area (Å²) in [5.41, 5.74) is 3.56. The summed E-state index contributed by atoms with van der Waals surface area (Å²) in [6.45, 7) is 6.40. The fourth-order valence-electron chi connectivity index (χ4n) is 2.31. The molecule has 0 amide bonds. The van der Waals surface area contributed by atoms with Gasteiger partial charge in [-0.1, -0.05) is 68.4 Å². The Morgan fingerprint density at radius 1 is 0.941 bits per heavy atom. The number of hydrogen-bond donors (Lipinski definition) is 1. The molecule has 1 heteroatoms. The van der Waals surface area contributed by atoms with Gasteiger partial charge < -0.3 is 5.11 Å². The van der Waals surface area contributed by atoms with E-state index in [4.69, 9.17) is 0 Å². The maximum Gasteiger partial charge on any atom is 0.0790 e. The molecule has 0 heterocycles. The van der Waals surface area contributed by atoms with Crippen LogP contribution >= 0.6 is 0 Å². The van der Waals surface area contributed by atoms with Crippen molar-refractivity contribution in [3.05, 3.63) is 34.9 Å². The third kappa shape index (κ3) is 5.36. The number of rotatable bonds is 7. The molecule has 0 spiro atoms. The van der Waals surface area contributed by atoms with E-state index in [2.05, 4.69) is 39.0 Å². The molecule has 0 saturated carbocycles. The maximum atomic E-state index is 10.1. The van der Waals surface area contributed by atoms with Crippen molar-refractivity contribution in [1.29, 1.82) is 0 Å². The lowest BCUT2D eigenvalue weighted by Crippen LogP contribution is -1.98. The molecule has 0 radical (unpaired) electrons. The molecule has 1 nitrogen and oxygen atoms in total. The van der Waals surface area contributed by atoms with Gasteiger partial charge in [0.1, 0.15) is 0 Å². The van der Waals surface area contributed by atoms with Gasteiger partial charge in [-0.15, -0.1) is 0 Å². The Kier molecular flexibility index (Phi) is 6.28. The van der Waals surface area contributed by atoms with Crippen molar-refractivity contribution in [3.8, 4) is 0 Å². The minimum absolute atomic E-state index is 0.282. The van der Waals surface area contributed by atoms with Crippen LogP contribution in [0.3, 0.4) is 0 Å². The Balaban J connectivity index is 2.38. The van der Waals surface area contributed by atoms with Crippen molar-refractivity contribution in [3.63, 3.8) is 0 Å². The van der Waals surface area contributed by atoms with E-state index in [1.54, 1.807) is 0 Å². The van der Waals surface area contributed by atoms with Gasteiger partial charge in [-0.2, -0.15) is 0 Å². The Morgan fingerprint density at radius 3 is 2.12 bits per heavy atom. The van der Waals surface area contributed by atoms with Gasteiger partial charge in [0, 0.05) is 0 Å². The van der Waals surface area contributed by atoms with E-state index in [-0.39, 0.29) is 6.10 Å². The number of aliphatic hydroxyl groups is 1. The molecule has 1 N–H and O–H groups in total. The lowest BCUT2D eigenvalue weighted by atomic mass is 9.99. The van der Waals surface area contributed by atoms with Gasteiger partial charge in [0.25, 0.3) is 0 Å². The van der Waals surface area contributed by atoms with E-state index in [1.165, 1.54) is 36.8 Å². The van der Waals surface area contributed by atoms with Crippen molar-refractivity contribution in [2.75, 3.05) is 0 Å². The molecular formula is C16H26O. The molecule has 96 valence electrons. The summed E-state index contributed by atoms with van der Waals surface area (Å²) < 4.78 is 0. The van der Waals surface area contributed by atoms with Gasteiger partial charge in [0.15, 0.2) is 0 Å². The second-order valence-electron chi connectivity index (χ2n) is 5.14. The summed E-state index contributed by atoms with van der Waals surface area (Å²) in [5, 5.41) is 10.1. The largest absolute Gasteiger partial charge is 0.388 e. The minimum Gasteiger partial charge on any atom is -0.388 e. The minimum atomic E-state index is -0.282. The normalized spacial score (nSPS) is 12.7. The van der Waals surface area contributed by atoms with Gasteiger partial charge in [-0.3, -0.25) is 0 Å². The fourth-order valence-corrected chi connectivity index (χ4v) is 2.31. The number of hydrogen-bond acceptors (Lipinski definition) is 1. The first kappa shape index (κ1) is 14.2. The van der Waals surface area contributed by atoms with Crippen LogP contribution in [0.4, 0.5) is 0 Å². The van der Waals surface area contributed by atoms with Crippen molar-refractivity contribution in [2.45, 2.75) is 65.4 Å². The third-order valence-electron chi connectivity index (χ3n) is 3.21. The SMILES string of the molecule is CCCCCCCC(O)c1cc(C)cc(C)c1. The third-order valence-corrected chi connectivity index (χ3v) is 3.21. The molecule has 1 rings (SSSR count). The van der Waals surface area contributed by atoms with Crippen LogP contribution in [0.25, 0.3) is 0 Å². The quantitative estimate of drug-likeness (QED) is 0.678. The molecule has 1 unspecified atom stereocenters. The monoisotopic (exact) mass is 234 g/mol. The summed E-state index contributed by atoms with van der Waals surface area (Å²) in [6, 6.07) is 6.35. The topological polar surface area (TPSA) is 20.2 Å². The zero-order valence-electron chi connectivity index (χ0n) is 11.5. The molecule has 0 bridgehead atoms. The van der Waals surface area contributed by atoms with E-state index in [1.807, 2.05) is 0 Å². The van der Waals surface area contributed by atoms with Crippen LogP contribution in [0.1, 0.15) is 68.2 Å². The summed E-state index contributed by atoms with van der Waals surface area (Å²) in [7, 11) is 0. The van der Waals surface area contributed by atoms with E-state index in [0.717, 1.165) is 18.4 Å². The van der Waals surface area contributed by atoms with Crippen LogP contribution in [0, 0.1) is 13.8 Å². The molecule has 1 aromatic carbocycles. The van der Waals surface area contributed by atoms with Crippen molar-refractivity contribution >= 4 is 0 Å². The summed E-state index contributed by atoms with van der Waals surface area (Å²) >= 11 is 0. The average molecular weight is 234 g/mol. The van der Waals surface area contributed by atoms with Gasteiger partial charge in [-0.05, 0) is 25.8 Å². The van der Waals surface area contributed by atoms with Crippen LogP contribution in [-0.2, 0) is 0 Å². The highest BCUT2D eigenvalue weighted by Crippen LogP contribution is 2.22. The van der Waals surface area contributed by atoms with Crippen LogP contribution in [0.15, 0.2) is 18.2 Å². The lowest BCUT2D eigenvalue weighted by Gasteiger charge is -2.12. The number of unbranched alkanes of at least 4 members (excludes halogenated alkanes) is 4. The molecule has 0 fully saturated rings. The van der Waals surface area contributed by atoms with Gasteiger partial charge in [0.05, 0.1) is 6.10 Å². The number of benzene rings is 1. The summed E-state index contributed by atoms with van der Waals surface area (Å²) in [6.07, 6.45) is 6.89. The number of aryl methyl sites for hydroxylation is 2. The zero-order chi connectivity index (χ0) is 12.7. The average Bonchev–Trinajstić information content (AvgIpc) is 2.27. The molecule has 0 aliphatic heterocycles. The van der Waals surface area contributed by atoms with E-state index >= 15 is 0 Å². The first-order valence-electron chi connectivity index (χ1n) is 6.89. The maximum absolute atomic E-state index is 10.1. The predicted molar refractivity (Wildman–Crippen MR) is 74.3 cm³/mol. The fraction of sp³-hybridized carbons (Fsp3) is 0.625. The highest BCUT2D eigenvalue weighted by molar-refractivity contribution is 5.29. The van der Waals surface area contributed by atoms with E-state index < -0.39 is 0 Å². The van der Waals surface area contributed by atoms with E-state index in [9.17, 15) is 5.11 Å². The highest BCUT2D eigenvalue weighted by Gasteiger charge is 2.07. The van der Waals surface area contributed by atoms with Crippen molar-refractivity contribution < 1.29 is 5.11 Å². The smallest absolute Gasteiger partial charge is 0.0790 e. The molecule has 0 aliphatic rings. The van der Waals surface area contributed by atoms with Gasteiger partial charge in [0.2, 0.25) is 0 Å². The Hall–Kier alpha value is -0.820. The van der Waals surface area contributed by atoms with Crippen LogP contribution < -0.4 is 0 Å². The molecular weight excluding hydrogens is 208 g/mol. The second-order valence-corrected chi connectivity index (χ2v) is 5.14. The highest BCUT2D eigenvalue weighted by atomic mass is 16.3. The zero-order valence-corrected chi connectivity index (χ0v) is 11.5. The summed E-state index contributed by atoms with van der Waals surface area (Å²) in [4.78, 5) is 0. The Labute approximate surface area is 106 Å². The van der Waals surface area contributed by atoms with Crippen LogP contribution in [0.2, 0.25) is 0 Å². The molecule has 1 aromatic rings. The molecule has 17 heavy (non-hydrogen) atoms. The summed E-state index contributed by atoms with van der Waals surface area (Å²) in [5.74, 6) is 0. The number of aliphatic hydroxyl groups excluding tert-OH is 1. The van der Waals surface area contributed by atoms with Crippen molar-refractivity contribution in [2.24, 2.45) is 0 Å². The first-order chi connectivity index (χ1) is 8.13. The lowest BCUT2D eigenvalue weighted by molar-refractivity contribution is 0.163. The van der Waals surface area contributed by atoms with Crippen LogP contribution in [0.5, 0.6) is 0 Å². The first-order valence-corrected chi connectivity index (χ1v) is 6.89. The molecule has 0 saturated heterocycles. The Bertz CT molecular complexity index is 310. The predicted octanol–water partition coefficient (Wildman–Crippen LogP) is 4.70. The van der Waals surface area contributed by atoms with Gasteiger partial charge >= 0.3 is 0 Å². The van der Waals surface area contributed by atoms with Crippen molar-refractivity contribution in [1.82, 2.24) is 0 Å². The van der Waals surface area contributed by atoms with Crippen LogP contribution in [-0.4, -0.2) is 5.11 Å². The van der Waals surface area contributed by atoms with E-state index in [0.29, 0.717) is 0 Å². The van der Waals surface area contributed by atoms with Gasteiger partial charge in [-0.25, -0.2) is 0 Å². The Morgan fingerprint density at radius 2 is 1.53 bits per heavy atom. The second kappa shape index (κ2) is 7.50. The molecule has 0 aliphatic carbocycles. The molecule has 0 aromatic heterocycles. The molecule has 1 atom stereocenters.